The number of ether oxygens (including phenoxy) is 1. The average Bonchev–Trinajstić information content (AvgIpc) is 2.97. The van der Waals surface area contributed by atoms with Crippen LogP contribution < -0.4 is 5.32 Å². The van der Waals surface area contributed by atoms with Crippen molar-refractivity contribution in [3.05, 3.63) is 22.2 Å². The number of nitrogens with zero attached hydrogens (tertiary/aromatic N) is 2. The smallest absolute Gasteiger partial charge is 0.206 e. The fraction of sp³-hybridized carbons (Fsp3) is 0.533. The van der Waals surface area contributed by atoms with E-state index in [9.17, 15) is 15.3 Å². The summed E-state index contributed by atoms with van der Waals surface area (Å²) in [5.41, 5.74) is 1.17. The topological polar surface area (TPSA) is 99.8 Å². The van der Waals surface area contributed by atoms with Crippen molar-refractivity contribution in [2.45, 2.75) is 44.4 Å². The highest BCUT2D eigenvalue weighted by molar-refractivity contribution is 6.42. The zero-order valence-corrected chi connectivity index (χ0v) is 14.7. The number of fused-ring (bicyclic) bond motifs is 1. The molecule has 0 aliphatic carbocycles. The molecule has 0 amide bonds. The molecule has 9 heteroatoms. The highest BCUT2D eigenvalue weighted by atomic mass is 35.5. The third-order valence-corrected chi connectivity index (χ3v) is 4.64. The van der Waals surface area contributed by atoms with Gasteiger partial charge in [-0.25, -0.2) is 4.98 Å². The molecule has 24 heavy (non-hydrogen) atoms. The van der Waals surface area contributed by atoms with Crippen molar-refractivity contribution in [2.24, 2.45) is 0 Å². The Balaban J connectivity index is 2.15. The number of nitrogens with one attached hydrogen (secondary N) is 1. The van der Waals surface area contributed by atoms with Crippen molar-refractivity contribution in [1.82, 2.24) is 9.55 Å². The maximum atomic E-state index is 10.4. The Morgan fingerprint density at radius 1 is 1.25 bits per heavy atom. The monoisotopic (exact) mass is 375 g/mol. The Morgan fingerprint density at radius 3 is 2.50 bits per heavy atom. The number of anilines is 1. The van der Waals surface area contributed by atoms with E-state index in [2.05, 4.69) is 10.3 Å². The van der Waals surface area contributed by atoms with E-state index in [-0.39, 0.29) is 6.04 Å². The second kappa shape index (κ2) is 6.67. The zero-order valence-electron chi connectivity index (χ0n) is 13.1. The van der Waals surface area contributed by atoms with E-state index < -0.39 is 31.1 Å². The summed E-state index contributed by atoms with van der Waals surface area (Å²) in [7, 11) is 0. The van der Waals surface area contributed by atoms with Gasteiger partial charge in [0.2, 0.25) is 5.95 Å². The first-order valence-electron chi connectivity index (χ1n) is 7.59. The molecular formula is C15H19Cl2N3O4. The van der Waals surface area contributed by atoms with Crippen molar-refractivity contribution >= 4 is 40.2 Å². The summed E-state index contributed by atoms with van der Waals surface area (Å²) in [5.74, 6) is 0.452. The molecule has 2 heterocycles. The van der Waals surface area contributed by atoms with E-state index in [1.54, 1.807) is 16.7 Å². The van der Waals surface area contributed by atoms with Crippen LogP contribution in [0.3, 0.4) is 0 Å². The van der Waals surface area contributed by atoms with E-state index >= 15 is 0 Å². The molecule has 0 bridgehead atoms. The Kier molecular flexibility index (Phi) is 4.92. The molecule has 1 saturated heterocycles. The highest BCUT2D eigenvalue weighted by Gasteiger charge is 2.44. The predicted octanol–water partition coefficient (Wildman–Crippen LogP) is 1.77. The molecule has 1 aromatic carbocycles. The molecule has 1 aromatic heterocycles. The molecule has 1 aliphatic rings. The first-order chi connectivity index (χ1) is 11.3. The largest absolute Gasteiger partial charge is 0.394 e. The standard InChI is InChI=1S/C15H19Cl2N3O4/c1-6(2)18-15-19-9-3-7(16)8(17)4-10(9)20(15)14-13(23)12(22)11(5-21)24-14/h3-4,6,11-14,21-23H,5H2,1-2H3,(H,18,19)/t11-,12+,13+,14-/m0/s1. The van der Waals surface area contributed by atoms with Crippen LogP contribution in [-0.4, -0.2) is 55.8 Å². The zero-order chi connectivity index (χ0) is 17.6. The van der Waals surface area contributed by atoms with Crippen LogP contribution in [-0.2, 0) is 4.74 Å². The first-order valence-corrected chi connectivity index (χ1v) is 8.35. The summed E-state index contributed by atoms with van der Waals surface area (Å²) in [4.78, 5) is 4.48. The van der Waals surface area contributed by atoms with Gasteiger partial charge in [0, 0.05) is 6.04 Å². The number of imidazole rings is 1. The van der Waals surface area contributed by atoms with E-state index in [0.29, 0.717) is 27.0 Å². The quantitative estimate of drug-likeness (QED) is 0.649. The maximum absolute atomic E-state index is 10.4. The molecule has 132 valence electrons. The number of aliphatic hydroxyl groups is 3. The number of hydrogen-bond acceptors (Lipinski definition) is 6. The van der Waals surface area contributed by atoms with E-state index in [1.807, 2.05) is 13.8 Å². The second-order valence-electron chi connectivity index (χ2n) is 6.09. The van der Waals surface area contributed by atoms with Crippen molar-refractivity contribution < 1.29 is 20.1 Å². The number of benzene rings is 1. The minimum absolute atomic E-state index is 0.0728. The lowest BCUT2D eigenvalue weighted by atomic mass is 10.1. The van der Waals surface area contributed by atoms with Crippen molar-refractivity contribution in [3.63, 3.8) is 0 Å². The van der Waals surface area contributed by atoms with Gasteiger partial charge in [0.15, 0.2) is 6.23 Å². The third kappa shape index (κ3) is 2.96. The fourth-order valence-corrected chi connectivity index (χ4v) is 3.12. The molecule has 0 radical (unpaired) electrons. The SMILES string of the molecule is CC(C)Nc1nc2cc(Cl)c(Cl)cc2n1[C@H]1O[C@@H](CO)[C@@H](O)[C@H]1O. The van der Waals surface area contributed by atoms with Gasteiger partial charge in [-0.1, -0.05) is 23.2 Å². The minimum atomic E-state index is -1.22. The van der Waals surface area contributed by atoms with Gasteiger partial charge in [-0.15, -0.1) is 0 Å². The summed E-state index contributed by atoms with van der Waals surface area (Å²) in [6.07, 6.45) is -4.22. The number of halogens is 2. The van der Waals surface area contributed by atoms with Crippen molar-refractivity contribution in [2.75, 3.05) is 11.9 Å². The number of aromatic nitrogens is 2. The van der Waals surface area contributed by atoms with E-state index in [1.165, 1.54) is 0 Å². The van der Waals surface area contributed by atoms with Crippen LogP contribution in [0.25, 0.3) is 11.0 Å². The summed E-state index contributed by atoms with van der Waals surface area (Å²) >= 11 is 12.2. The fourth-order valence-electron chi connectivity index (χ4n) is 2.80. The number of hydrogen-bond donors (Lipinski definition) is 4. The van der Waals surface area contributed by atoms with Crippen LogP contribution in [0, 0.1) is 0 Å². The molecule has 0 unspecified atom stereocenters. The minimum Gasteiger partial charge on any atom is -0.394 e. The van der Waals surface area contributed by atoms with Crippen LogP contribution in [0.4, 0.5) is 5.95 Å². The molecule has 7 nitrogen and oxygen atoms in total. The van der Waals surface area contributed by atoms with Gasteiger partial charge in [0.05, 0.1) is 27.7 Å². The Hall–Kier alpha value is -1.09. The lowest BCUT2D eigenvalue weighted by Gasteiger charge is -2.21. The molecule has 3 rings (SSSR count). The summed E-state index contributed by atoms with van der Waals surface area (Å²) < 4.78 is 7.26. The van der Waals surface area contributed by atoms with E-state index in [0.717, 1.165) is 0 Å². The molecule has 0 spiro atoms. The van der Waals surface area contributed by atoms with E-state index in [4.69, 9.17) is 27.9 Å². The summed E-state index contributed by atoms with van der Waals surface area (Å²) in [6.45, 7) is 3.49. The summed E-state index contributed by atoms with van der Waals surface area (Å²) in [5, 5.41) is 33.6. The third-order valence-electron chi connectivity index (χ3n) is 3.92. The molecule has 4 atom stereocenters. The van der Waals surface area contributed by atoms with Gasteiger partial charge >= 0.3 is 0 Å². The maximum Gasteiger partial charge on any atom is 0.206 e. The van der Waals surface area contributed by atoms with Crippen LogP contribution in [0.2, 0.25) is 10.0 Å². The lowest BCUT2D eigenvalue weighted by molar-refractivity contribution is -0.0499. The second-order valence-corrected chi connectivity index (χ2v) is 6.90. The highest BCUT2D eigenvalue weighted by Crippen LogP contribution is 2.37. The van der Waals surface area contributed by atoms with Crippen molar-refractivity contribution in [1.29, 1.82) is 0 Å². The van der Waals surface area contributed by atoms with Gasteiger partial charge in [-0.2, -0.15) is 0 Å². The molecule has 1 fully saturated rings. The normalized spacial score (nSPS) is 27.3. The Labute approximate surface area is 148 Å². The number of rotatable bonds is 4. The number of aliphatic hydroxyl groups excluding tert-OH is 3. The molecule has 4 N–H and O–H groups in total. The van der Waals surface area contributed by atoms with Crippen LogP contribution in [0.1, 0.15) is 20.1 Å². The van der Waals surface area contributed by atoms with Crippen LogP contribution in [0.15, 0.2) is 12.1 Å². The average molecular weight is 376 g/mol. The lowest BCUT2D eigenvalue weighted by Crippen LogP contribution is -2.33. The molecule has 2 aromatic rings. The molecule has 0 saturated carbocycles. The van der Waals surface area contributed by atoms with Crippen LogP contribution in [0.5, 0.6) is 0 Å². The summed E-state index contributed by atoms with van der Waals surface area (Å²) in [6, 6.07) is 3.33. The van der Waals surface area contributed by atoms with Gasteiger partial charge in [0.1, 0.15) is 18.3 Å². The van der Waals surface area contributed by atoms with Gasteiger partial charge in [-0.05, 0) is 26.0 Å². The van der Waals surface area contributed by atoms with Gasteiger partial charge in [-0.3, -0.25) is 4.57 Å². The molecular weight excluding hydrogens is 357 g/mol. The van der Waals surface area contributed by atoms with Crippen LogP contribution >= 0.6 is 23.2 Å². The molecule has 1 aliphatic heterocycles. The van der Waals surface area contributed by atoms with Crippen molar-refractivity contribution in [3.8, 4) is 0 Å². The van der Waals surface area contributed by atoms with Gasteiger partial charge < -0.3 is 25.4 Å². The van der Waals surface area contributed by atoms with Gasteiger partial charge in [0.25, 0.3) is 0 Å². The first kappa shape index (κ1) is 17.7. The Bertz CT molecular complexity index is 752. The predicted molar refractivity (Wildman–Crippen MR) is 91.5 cm³/mol. The Morgan fingerprint density at radius 2 is 1.92 bits per heavy atom.